The zero-order chi connectivity index (χ0) is 16.4. The number of nitrogens with one attached hydrogen (secondary N) is 1. The molecule has 24 heavy (non-hydrogen) atoms. The van der Waals surface area contributed by atoms with Gasteiger partial charge in [-0.1, -0.05) is 18.2 Å². The second kappa shape index (κ2) is 6.31. The third kappa shape index (κ3) is 2.95. The molecule has 1 aromatic carbocycles. The lowest BCUT2D eigenvalue weighted by atomic mass is 9.97. The van der Waals surface area contributed by atoms with E-state index in [4.69, 9.17) is 4.42 Å². The fourth-order valence-electron chi connectivity index (χ4n) is 3.00. The van der Waals surface area contributed by atoms with E-state index >= 15 is 0 Å². The molecule has 1 atom stereocenters. The van der Waals surface area contributed by atoms with E-state index in [1.54, 1.807) is 12.5 Å². The fourth-order valence-corrected chi connectivity index (χ4v) is 3.00. The molecule has 0 saturated heterocycles. The number of imidazole rings is 1. The largest absolute Gasteiger partial charge is 0.444 e. The summed E-state index contributed by atoms with van der Waals surface area (Å²) < 4.78 is 7.59. The van der Waals surface area contributed by atoms with E-state index < -0.39 is 0 Å². The summed E-state index contributed by atoms with van der Waals surface area (Å²) in [6.45, 7) is 1.22. The summed E-state index contributed by atoms with van der Waals surface area (Å²) in [5, 5.41) is 2.96. The molecule has 0 spiro atoms. The van der Waals surface area contributed by atoms with Gasteiger partial charge in [0.05, 0.1) is 12.2 Å². The Labute approximate surface area is 139 Å². The maximum atomic E-state index is 12.4. The number of nitrogens with zero attached hydrogens (tertiary/aromatic N) is 3. The summed E-state index contributed by atoms with van der Waals surface area (Å²) >= 11 is 0. The summed E-state index contributed by atoms with van der Waals surface area (Å²) in [5.74, 6) is 1.57. The molecule has 0 saturated carbocycles. The van der Waals surface area contributed by atoms with E-state index in [9.17, 15) is 4.79 Å². The average Bonchev–Trinajstić information content (AvgIpc) is 3.29. The van der Waals surface area contributed by atoms with E-state index in [-0.39, 0.29) is 11.8 Å². The lowest BCUT2D eigenvalue weighted by Gasteiger charge is -2.22. The van der Waals surface area contributed by atoms with Gasteiger partial charge in [-0.25, -0.2) is 9.97 Å². The van der Waals surface area contributed by atoms with Gasteiger partial charge in [0.2, 0.25) is 11.8 Å². The van der Waals surface area contributed by atoms with Crippen LogP contribution in [0.5, 0.6) is 0 Å². The second-order valence-corrected chi connectivity index (χ2v) is 5.95. The highest BCUT2D eigenvalue weighted by Crippen LogP contribution is 2.20. The van der Waals surface area contributed by atoms with Crippen molar-refractivity contribution < 1.29 is 9.21 Å². The molecule has 0 fully saturated rings. The highest BCUT2D eigenvalue weighted by Gasteiger charge is 2.25. The molecule has 1 aliphatic rings. The average molecular weight is 322 g/mol. The molecule has 0 radical (unpaired) electrons. The van der Waals surface area contributed by atoms with Crippen molar-refractivity contribution in [3.63, 3.8) is 0 Å². The van der Waals surface area contributed by atoms with E-state index in [0.29, 0.717) is 18.9 Å². The Balaban J connectivity index is 1.36. The first kappa shape index (κ1) is 14.7. The van der Waals surface area contributed by atoms with E-state index in [2.05, 4.69) is 19.9 Å². The van der Waals surface area contributed by atoms with Crippen molar-refractivity contribution in [3.05, 3.63) is 60.5 Å². The van der Waals surface area contributed by atoms with Crippen LogP contribution in [0.1, 0.15) is 17.9 Å². The standard InChI is InChI=1S/C18H18N4O2/c23-17(14-6-8-22-9-7-19-16(22)10-14)20-11-15-12-24-18(21-15)13-4-2-1-3-5-13/h1-5,7,9,12,14H,6,8,10-11H2,(H,20,23). The number of oxazole rings is 1. The molecule has 0 bridgehead atoms. The Morgan fingerprint density at radius 2 is 2.21 bits per heavy atom. The molecular weight excluding hydrogens is 304 g/mol. The van der Waals surface area contributed by atoms with Crippen molar-refractivity contribution in [1.82, 2.24) is 19.9 Å². The van der Waals surface area contributed by atoms with Crippen LogP contribution in [0.2, 0.25) is 0 Å². The number of rotatable bonds is 4. The van der Waals surface area contributed by atoms with Crippen LogP contribution in [0, 0.1) is 5.92 Å². The van der Waals surface area contributed by atoms with Gasteiger partial charge < -0.3 is 14.3 Å². The summed E-state index contributed by atoms with van der Waals surface area (Å²) in [6.07, 6.45) is 6.87. The smallest absolute Gasteiger partial charge is 0.226 e. The van der Waals surface area contributed by atoms with E-state index in [1.165, 1.54) is 0 Å². The predicted molar refractivity (Wildman–Crippen MR) is 87.8 cm³/mol. The topological polar surface area (TPSA) is 73.0 Å². The van der Waals surface area contributed by atoms with Gasteiger partial charge in [0, 0.05) is 36.8 Å². The van der Waals surface area contributed by atoms with Gasteiger partial charge in [0.25, 0.3) is 0 Å². The van der Waals surface area contributed by atoms with Gasteiger partial charge in [-0.3, -0.25) is 4.79 Å². The molecule has 1 aliphatic heterocycles. The van der Waals surface area contributed by atoms with Gasteiger partial charge in [-0.15, -0.1) is 0 Å². The van der Waals surface area contributed by atoms with Crippen LogP contribution in [-0.4, -0.2) is 20.4 Å². The second-order valence-electron chi connectivity index (χ2n) is 5.95. The van der Waals surface area contributed by atoms with Crippen molar-refractivity contribution >= 4 is 5.91 Å². The molecule has 1 N–H and O–H groups in total. The maximum absolute atomic E-state index is 12.4. The molecule has 1 amide bonds. The molecule has 3 heterocycles. The van der Waals surface area contributed by atoms with Gasteiger partial charge >= 0.3 is 0 Å². The van der Waals surface area contributed by atoms with Gasteiger partial charge in [-0.05, 0) is 18.6 Å². The minimum absolute atomic E-state index is 0.0274. The van der Waals surface area contributed by atoms with Crippen molar-refractivity contribution in [2.45, 2.75) is 25.9 Å². The Morgan fingerprint density at radius 3 is 3.08 bits per heavy atom. The zero-order valence-electron chi connectivity index (χ0n) is 13.2. The number of hydrogen-bond acceptors (Lipinski definition) is 4. The molecule has 2 aromatic heterocycles. The van der Waals surface area contributed by atoms with E-state index in [0.717, 1.165) is 30.0 Å². The number of amides is 1. The van der Waals surface area contributed by atoms with Gasteiger partial charge in [0.1, 0.15) is 12.1 Å². The van der Waals surface area contributed by atoms with Crippen molar-refractivity contribution in [2.75, 3.05) is 0 Å². The van der Waals surface area contributed by atoms with Gasteiger partial charge in [-0.2, -0.15) is 0 Å². The highest BCUT2D eigenvalue weighted by molar-refractivity contribution is 5.78. The Bertz CT molecular complexity index is 838. The number of benzene rings is 1. The quantitative estimate of drug-likeness (QED) is 0.800. The van der Waals surface area contributed by atoms with Crippen LogP contribution in [0.15, 0.2) is 53.4 Å². The van der Waals surface area contributed by atoms with Crippen LogP contribution in [-0.2, 0) is 24.3 Å². The monoisotopic (exact) mass is 322 g/mol. The number of hydrogen-bond donors (Lipinski definition) is 1. The number of carbonyl (C=O) groups is 1. The Morgan fingerprint density at radius 1 is 1.33 bits per heavy atom. The molecule has 1 unspecified atom stereocenters. The molecule has 0 aliphatic carbocycles. The lowest BCUT2D eigenvalue weighted by Crippen LogP contribution is -2.35. The third-order valence-corrected chi connectivity index (χ3v) is 4.34. The molecule has 3 aromatic rings. The number of carbonyl (C=O) groups excluding carboxylic acids is 1. The van der Waals surface area contributed by atoms with E-state index in [1.807, 2.05) is 36.5 Å². The first-order valence-corrected chi connectivity index (χ1v) is 8.07. The third-order valence-electron chi connectivity index (χ3n) is 4.34. The molecule has 6 heteroatoms. The van der Waals surface area contributed by atoms with Gasteiger partial charge in [0.15, 0.2) is 0 Å². The number of aromatic nitrogens is 3. The normalized spacial score (nSPS) is 16.6. The molecule has 6 nitrogen and oxygen atoms in total. The van der Waals surface area contributed by atoms with Crippen LogP contribution in [0.25, 0.3) is 11.5 Å². The van der Waals surface area contributed by atoms with Crippen LogP contribution in [0.4, 0.5) is 0 Å². The lowest BCUT2D eigenvalue weighted by molar-refractivity contribution is -0.125. The van der Waals surface area contributed by atoms with Crippen molar-refractivity contribution in [3.8, 4) is 11.5 Å². The molecule has 122 valence electrons. The summed E-state index contributed by atoms with van der Waals surface area (Å²) in [5.41, 5.74) is 1.65. The maximum Gasteiger partial charge on any atom is 0.226 e. The highest BCUT2D eigenvalue weighted by atomic mass is 16.3. The first-order chi connectivity index (χ1) is 11.8. The van der Waals surface area contributed by atoms with Crippen LogP contribution >= 0.6 is 0 Å². The van der Waals surface area contributed by atoms with Crippen molar-refractivity contribution in [2.24, 2.45) is 5.92 Å². The van der Waals surface area contributed by atoms with Crippen molar-refractivity contribution in [1.29, 1.82) is 0 Å². The summed E-state index contributed by atoms with van der Waals surface area (Å²) in [4.78, 5) is 21.1. The number of aryl methyl sites for hydroxylation is 1. The fraction of sp³-hybridized carbons (Fsp3) is 0.278. The minimum Gasteiger partial charge on any atom is -0.444 e. The SMILES string of the molecule is O=C(NCc1coc(-c2ccccc2)n1)C1CCn2ccnc2C1. The first-order valence-electron chi connectivity index (χ1n) is 8.07. The van der Waals surface area contributed by atoms with Crippen LogP contribution in [0.3, 0.4) is 0 Å². The minimum atomic E-state index is -0.0274. The van der Waals surface area contributed by atoms with Crippen LogP contribution < -0.4 is 5.32 Å². The summed E-state index contributed by atoms with van der Waals surface area (Å²) in [6, 6.07) is 9.71. The predicted octanol–water partition coefficient (Wildman–Crippen LogP) is 2.42. The Kier molecular flexibility index (Phi) is 3.86. The number of fused-ring (bicyclic) bond motifs is 1. The summed E-state index contributed by atoms with van der Waals surface area (Å²) in [7, 11) is 0. The zero-order valence-corrected chi connectivity index (χ0v) is 13.2. The Hall–Kier alpha value is -2.89. The molecular formula is C18H18N4O2. The molecule has 4 rings (SSSR count).